The van der Waals surface area contributed by atoms with Gasteiger partial charge in [0.05, 0.1) is 12.0 Å². The van der Waals surface area contributed by atoms with Crippen LogP contribution in [0.25, 0.3) is 10.8 Å². The van der Waals surface area contributed by atoms with Crippen molar-refractivity contribution < 1.29 is 23.9 Å². The second-order valence-corrected chi connectivity index (χ2v) is 9.29. The molecule has 4 aromatic rings. The first-order chi connectivity index (χ1) is 18.5. The minimum Gasteiger partial charge on any atom is -0.457 e. The van der Waals surface area contributed by atoms with E-state index in [0.29, 0.717) is 11.4 Å². The van der Waals surface area contributed by atoms with Gasteiger partial charge in [-0.25, -0.2) is 0 Å². The highest BCUT2D eigenvalue weighted by molar-refractivity contribution is 5.99. The van der Waals surface area contributed by atoms with Crippen molar-refractivity contribution in [1.29, 1.82) is 0 Å². The average molecular weight is 509 g/mol. The summed E-state index contributed by atoms with van der Waals surface area (Å²) in [5, 5.41) is 4.91. The molecule has 0 radical (unpaired) electrons. The van der Waals surface area contributed by atoms with Crippen molar-refractivity contribution in [2.45, 2.75) is 19.4 Å². The largest absolute Gasteiger partial charge is 0.457 e. The molecule has 1 fully saturated rings. The molecule has 0 saturated carbocycles. The van der Waals surface area contributed by atoms with Crippen LogP contribution in [0.15, 0.2) is 97.1 Å². The molecule has 0 aliphatic carbocycles. The number of rotatable bonds is 8. The van der Waals surface area contributed by atoms with E-state index in [1.807, 2.05) is 79.7 Å². The van der Waals surface area contributed by atoms with Crippen molar-refractivity contribution in [2.24, 2.45) is 5.92 Å². The summed E-state index contributed by atoms with van der Waals surface area (Å²) in [6.07, 6.45) is 0.0368. The molecule has 1 heterocycles. The number of ether oxygens (including phenoxy) is 2. The summed E-state index contributed by atoms with van der Waals surface area (Å²) >= 11 is 0. The summed E-state index contributed by atoms with van der Waals surface area (Å²) in [6.45, 7) is 1.67. The predicted octanol–water partition coefficient (Wildman–Crippen LogP) is 5.41. The summed E-state index contributed by atoms with van der Waals surface area (Å²) in [4.78, 5) is 39.1. The molecule has 0 spiro atoms. The SMILES string of the molecule is C[C@H](NC(=O)COC(=O)[C@@H]1CC(=O)N(c2ccc(Oc3cccc4ccccc34)cc2)C1)c1ccccc1. The van der Waals surface area contributed by atoms with E-state index in [2.05, 4.69) is 5.32 Å². The van der Waals surface area contributed by atoms with Crippen LogP contribution in [0.5, 0.6) is 11.5 Å². The van der Waals surface area contributed by atoms with Gasteiger partial charge in [0.2, 0.25) is 5.91 Å². The number of carbonyl (C=O) groups is 3. The van der Waals surface area contributed by atoms with Crippen molar-refractivity contribution in [3.05, 3.63) is 103 Å². The van der Waals surface area contributed by atoms with Gasteiger partial charge in [-0.1, -0.05) is 66.7 Å². The molecule has 7 nitrogen and oxygen atoms in total. The van der Waals surface area contributed by atoms with Crippen molar-refractivity contribution in [3.63, 3.8) is 0 Å². The minimum absolute atomic E-state index is 0.0368. The normalized spacial score (nSPS) is 15.8. The highest BCUT2D eigenvalue weighted by Crippen LogP contribution is 2.32. The molecule has 1 saturated heterocycles. The Bertz CT molecular complexity index is 1450. The molecule has 0 aromatic heterocycles. The van der Waals surface area contributed by atoms with Crippen LogP contribution in [-0.2, 0) is 19.1 Å². The zero-order chi connectivity index (χ0) is 26.5. The molecule has 2 amide bonds. The van der Waals surface area contributed by atoms with Crippen LogP contribution in [-0.4, -0.2) is 30.9 Å². The van der Waals surface area contributed by atoms with E-state index in [0.717, 1.165) is 22.1 Å². The fourth-order valence-corrected chi connectivity index (χ4v) is 4.58. The first-order valence-corrected chi connectivity index (χ1v) is 12.5. The van der Waals surface area contributed by atoms with E-state index < -0.39 is 17.8 Å². The highest BCUT2D eigenvalue weighted by Gasteiger charge is 2.36. The highest BCUT2D eigenvalue weighted by atomic mass is 16.5. The average Bonchev–Trinajstić information content (AvgIpc) is 3.34. The third kappa shape index (κ3) is 5.67. The summed E-state index contributed by atoms with van der Waals surface area (Å²) in [5.74, 6) is -0.358. The van der Waals surface area contributed by atoms with Gasteiger partial charge < -0.3 is 19.7 Å². The van der Waals surface area contributed by atoms with E-state index in [9.17, 15) is 14.4 Å². The Balaban J connectivity index is 1.15. The number of amides is 2. The molecule has 1 N–H and O–H groups in total. The molecule has 1 aliphatic rings. The molecular formula is C31H28N2O5. The van der Waals surface area contributed by atoms with E-state index in [-0.39, 0.29) is 31.5 Å². The lowest BCUT2D eigenvalue weighted by Crippen LogP contribution is -2.32. The molecule has 7 heteroatoms. The van der Waals surface area contributed by atoms with Gasteiger partial charge in [-0.15, -0.1) is 0 Å². The zero-order valence-electron chi connectivity index (χ0n) is 21.0. The van der Waals surface area contributed by atoms with Gasteiger partial charge in [0.25, 0.3) is 5.91 Å². The van der Waals surface area contributed by atoms with Crippen LogP contribution >= 0.6 is 0 Å². The van der Waals surface area contributed by atoms with Gasteiger partial charge in [0.15, 0.2) is 6.61 Å². The molecule has 0 bridgehead atoms. The fourth-order valence-electron chi connectivity index (χ4n) is 4.58. The Morgan fingerprint density at radius 1 is 0.921 bits per heavy atom. The number of esters is 1. The maximum Gasteiger partial charge on any atom is 0.311 e. The van der Waals surface area contributed by atoms with Crippen LogP contribution in [0.3, 0.4) is 0 Å². The van der Waals surface area contributed by atoms with Gasteiger partial charge >= 0.3 is 5.97 Å². The smallest absolute Gasteiger partial charge is 0.311 e. The third-order valence-corrected chi connectivity index (χ3v) is 6.61. The van der Waals surface area contributed by atoms with E-state index in [1.165, 1.54) is 0 Å². The van der Waals surface area contributed by atoms with Gasteiger partial charge in [0.1, 0.15) is 11.5 Å². The summed E-state index contributed by atoms with van der Waals surface area (Å²) < 4.78 is 11.3. The number of nitrogens with one attached hydrogen (secondary N) is 1. The van der Waals surface area contributed by atoms with Crippen LogP contribution in [0.4, 0.5) is 5.69 Å². The third-order valence-electron chi connectivity index (χ3n) is 6.61. The molecule has 4 aromatic carbocycles. The predicted molar refractivity (Wildman–Crippen MR) is 145 cm³/mol. The van der Waals surface area contributed by atoms with Crippen molar-refractivity contribution in [3.8, 4) is 11.5 Å². The van der Waals surface area contributed by atoms with Crippen molar-refractivity contribution in [1.82, 2.24) is 5.32 Å². The molecular weight excluding hydrogens is 480 g/mol. The van der Waals surface area contributed by atoms with Crippen LogP contribution < -0.4 is 15.0 Å². The maximum atomic E-state index is 12.7. The Labute approximate surface area is 221 Å². The molecule has 192 valence electrons. The lowest BCUT2D eigenvalue weighted by atomic mass is 10.1. The topological polar surface area (TPSA) is 84.9 Å². The molecule has 2 atom stereocenters. The minimum atomic E-state index is -0.631. The fraction of sp³-hybridized carbons (Fsp3) is 0.194. The van der Waals surface area contributed by atoms with E-state index in [1.54, 1.807) is 29.2 Å². The van der Waals surface area contributed by atoms with Crippen LogP contribution in [0, 0.1) is 5.92 Å². The first kappa shape index (κ1) is 25.0. The Hall–Kier alpha value is -4.65. The molecule has 1 aliphatic heterocycles. The Morgan fingerprint density at radius 2 is 1.63 bits per heavy atom. The van der Waals surface area contributed by atoms with Gasteiger partial charge in [-0.3, -0.25) is 14.4 Å². The second kappa shape index (κ2) is 11.2. The van der Waals surface area contributed by atoms with Crippen LogP contribution in [0.2, 0.25) is 0 Å². The Kier molecular flexibility index (Phi) is 7.35. The lowest BCUT2D eigenvalue weighted by Gasteiger charge is -2.17. The van der Waals surface area contributed by atoms with E-state index >= 15 is 0 Å². The lowest BCUT2D eigenvalue weighted by molar-refractivity contribution is -0.152. The van der Waals surface area contributed by atoms with Crippen molar-refractivity contribution in [2.75, 3.05) is 18.1 Å². The van der Waals surface area contributed by atoms with Gasteiger partial charge in [0, 0.05) is 24.0 Å². The molecule has 38 heavy (non-hydrogen) atoms. The second-order valence-electron chi connectivity index (χ2n) is 9.29. The number of fused-ring (bicyclic) bond motifs is 1. The quantitative estimate of drug-likeness (QED) is 0.322. The zero-order valence-corrected chi connectivity index (χ0v) is 21.0. The number of anilines is 1. The standard InChI is InChI=1S/C31H28N2O5/c1-21(22-8-3-2-4-9-22)32-29(34)20-37-31(36)24-18-30(35)33(19-24)25-14-16-26(17-15-25)38-28-13-7-11-23-10-5-6-12-27(23)28/h2-17,21,24H,18-20H2,1H3,(H,32,34)/t21-,24+/m0/s1. The van der Waals surface area contributed by atoms with Gasteiger partial charge in [-0.05, 0) is 48.2 Å². The number of benzene rings is 4. The summed E-state index contributed by atoms with van der Waals surface area (Å²) in [6, 6.07) is 30.4. The summed E-state index contributed by atoms with van der Waals surface area (Å²) in [7, 11) is 0. The number of carbonyl (C=O) groups excluding carboxylic acids is 3. The number of hydrogen-bond donors (Lipinski definition) is 1. The van der Waals surface area contributed by atoms with Crippen molar-refractivity contribution >= 4 is 34.2 Å². The monoisotopic (exact) mass is 508 g/mol. The van der Waals surface area contributed by atoms with E-state index in [4.69, 9.17) is 9.47 Å². The summed E-state index contributed by atoms with van der Waals surface area (Å²) in [5.41, 5.74) is 1.63. The first-order valence-electron chi connectivity index (χ1n) is 12.5. The number of hydrogen-bond acceptors (Lipinski definition) is 5. The van der Waals surface area contributed by atoms with Crippen LogP contribution in [0.1, 0.15) is 24.9 Å². The van der Waals surface area contributed by atoms with Gasteiger partial charge in [-0.2, -0.15) is 0 Å². The maximum absolute atomic E-state index is 12.7. The molecule has 5 rings (SSSR count). The number of nitrogens with zero attached hydrogens (tertiary/aromatic N) is 1. The molecule has 0 unspecified atom stereocenters. The Morgan fingerprint density at radius 3 is 2.42 bits per heavy atom.